The standard InChI is InChI=1S/C15H16N4O2/c1-19-8-11(7-18-19)9-2-3-12-10(4-13(16)15(20)21)6-17-14(12)5-9/h2-3,5-8,13,17H,4,16H2,1H3,(H,20,21)/t13-/m0/s1. The second-order valence-corrected chi connectivity index (χ2v) is 5.13. The number of aromatic nitrogens is 3. The Labute approximate surface area is 121 Å². The Morgan fingerprint density at radius 3 is 2.95 bits per heavy atom. The van der Waals surface area contributed by atoms with Crippen LogP contribution in [0.25, 0.3) is 22.0 Å². The van der Waals surface area contributed by atoms with Gasteiger partial charge >= 0.3 is 5.97 Å². The molecule has 3 aromatic rings. The van der Waals surface area contributed by atoms with Crippen molar-refractivity contribution in [3.05, 3.63) is 42.4 Å². The molecule has 4 N–H and O–H groups in total. The van der Waals surface area contributed by atoms with E-state index in [4.69, 9.17) is 10.8 Å². The van der Waals surface area contributed by atoms with Crippen LogP contribution < -0.4 is 5.73 Å². The van der Waals surface area contributed by atoms with Crippen LogP contribution >= 0.6 is 0 Å². The van der Waals surface area contributed by atoms with Gasteiger partial charge in [0.05, 0.1) is 6.20 Å². The second kappa shape index (κ2) is 5.06. The van der Waals surface area contributed by atoms with Crippen LogP contribution in [0.15, 0.2) is 36.8 Å². The zero-order valence-corrected chi connectivity index (χ0v) is 11.6. The molecule has 2 aromatic heterocycles. The topological polar surface area (TPSA) is 96.9 Å². The maximum absolute atomic E-state index is 10.9. The zero-order valence-electron chi connectivity index (χ0n) is 11.6. The Morgan fingerprint density at radius 1 is 1.48 bits per heavy atom. The van der Waals surface area contributed by atoms with Crippen LogP contribution in [-0.2, 0) is 18.3 Å². The molecule has 0 unspecified atom stereocenters. The fourth-order valence-electron chi connectivity index (χ4n) is 2.43. The molecule has 1 aromatic carbocycles. The van der Waals surface area contributed by atoms with E-state index in [-0.39, 0.29) is 0 Å². The number of carbonyl (C=O) groups is 1. The molecule has 108 valence electrons. The summed E-state index contributed by atoms with van der Waals surface area (Å²) in [6.45, 7) is 0. The molecule has 0 radical (unpaired) electrons. The van der Waals surface area contributed by atoms with Crippen LogP contribution in [0.1, 0.15) is 5.56 Å². The largest absolute Gasteiger partial charge is 0.480 e. The summed E-state index contributed by atoms with van der Waals surface area (Å²) >= 11 is 0. The Balaban J connectivity index is 1.96. The Kier molecular flexibility index (Phi) is 3.23. The number of nitrogens with one attached hydrogen (secondary N) is 1. The summed E-state index contributed by atoms with van der Waals surface area (Å²) in [7, 11) is 1.88. The van der Waals surface area contributed by atoms with Gasteiger partial charge in [0.15, 0.2) is 0 Å². The van der Waals surface area contributed by atoms with Gasteiger partial charge in [-0.3, -0.25) is 9.48 Å². The summed E-state index contributed by atoms with van der Waals surface area (Å²) < 4.78 is 1.76. The number of nitrogens with zero attached hydrogens (tertiary/aromatic N) is 2. The van der Waals surface area contributed by atoms with Crippen LogP contribution in [0.2, 0.25) is 0 Å². The lowest BCUT2D eigenvalue weighted by Gasteiger charge is -2.05. The van der Waals surface area contributed by atoms with Gasteiger partial charge in [0.1, 0.15) is 6.04 Å². The van der Waals surface area contributed by atoms with Crippen molar-refractivity contribution >= 4 is 16.9 Å². The van der Waals surface area contributed by atoms with E-state index in [0.29, 0.717) is 6.42 Å². The number of hydrogen-bond acceptors (Lipinski definition) is 3. The van der Waals surface area contributed by atoms with Gasteiger partial charge in [-0.15, -0.1) is 0 Å². The minimum atomic E-state index is -0.990. The van der Waals surface area contributed by atoms with Crippen LogP contribution in [0.5, 0.6) is 0 Å². The smallest absolute Gasteiger partial charge is 0.320 e. The molecule has 3 rings (SSSR count). The predicted molar refractivity (Wildman–Crippen MR) is 79.8 cm³/mol. The average molecular weight is 284 g/mol. The number of aromatic amines is 1. The first-order valence-corrected chi connectivity index (χ1v) is 6.62. The number of benzene rings is 1. The molecule has 0 saturated carbocycles. The Bertz CT molecular complexity index is 803. The maximum Gasteiger partial charge on any atom is 0.320 e. The minimum absolute atomic E-state index is 0.307. The second-order valence-electron chi connectivity index (χ2n) is 5.13. The van der Waals surface area contributed by atoms with E-state index in [9.17, 15) is 4.79 Å². The van der Waals surface area contributed by atoms with E-state index in [1.165, 1.54) is 0 Å². The lowest BCUT2D eigenvalue weighted by molar-refractivity contribution is -0.138. The van der Waals surface area contributed by atoms with Crippen molar-refractivity contribution in [3.63, 3.8) is 0 Å². The molecule has 0 bridgehead atoms. The SMILES string of the molecule is Cn1cc(-c2ccc3c(C[C@H](N)C(=O)O)c[nH]c3c2)cn1. The lowest BCUT2D eigenvalue weighted by Crippen LogP contribution is -2.32. The summed E-state index contributed by atoms with van der Waals surface area (Å²) in [4.78, 5) is 14.0. The minimum Gasteiger partial charge on any atom is -0.480 e. The quantitative estimate of drug-likeness (QED) is 0.676. The highest BCUT2D eigenvalue weighted by molar-refractivity contribution is 5.88. The lowest BCUT2D eigenvalue weighted by atomic mass is 10.0. The Morgan fingerprint density at radius 2 is 2.29 bits per heavy atom. The summed E-state index contributed by atoms with van der Waals surface area (Å²) in [5.74, 6) is -0.990. The number of H-pyrrole nitrogens is 1. The first-order valence-electron chi connectivity index (χ1n) is 6.62. The molecule has 0 aliphatic carbocycles. The number of aryl methyl sites for hydroxylation is 1. The number of carboxylic acids is 1. The van der Waals surface area contributed by atoms with Gasteiger partial charge < -0.3 is 15.8 Å². The summed E-state index contributed by atoms with van der Waals surface area (Å²) in [6.07, 6.45) is 5.89. The zero-order chi connectivity index (χ0) is 15.0. The van der Waals surface area contributed by atoms with Gasteiger partial charge in [0, 0.05) is 42.3 Å². The molecule has 0 saturated heterocycles. The first kappa shape index (κ1) is 13.4. The predicted octanol–water partition coefficient (Wildman–Crippen LogP) is 1.52. The van der Waals surface area contributed by atoms with Crippen LogP contribution in [0, 0.1) is 0 Å². The molecular weight excluding hydrogens is 268 g/mol. The van der Waals surface area contributed by atoms with Gasteiger partial charge in [-0.05, 0) is 17.2 Å². The number of rotatable bonds is 4. The van der Waals surface area contributed by atoms with Gasteiger partial charge in [-0.1, -0.05) is 12.1 Å². The van der Waals surface area contributed by atoms with Gasteiger partial charge in [0.2, 0.25) is 0 Å². The molecule has 0 amide bonds. The van der Waals surface area contributed by atoms with Crippen LogP contribution in [0.3, 0.4) is 0 Å². The van der Waals surface area contributed by atoms with E-state index in [1.807, 2.05) is 43.8 Å². The molecule has 6 nitrogen and oxygen atoms in total. The molecule has 0 fully saturated rings. The third kappa shape index (κ3) is 2.53. The number of nitrogens with two attached hydrogens (primary N) is 1. The van der Waals surface area contributed by atoms with Crippen molar-refractivity contribution in [1.29, 1.82) is 0 Å². The summed E-state index contributed by atoms with van der Waals surface area (Å²) in [5.41, 5.74) is 9.58. The normalized spacial score (nSPS) is 12.7. The van der Waals surface area contributed by atoms with E-state index in [1.54, 1.807) is 4.68 Å². The number of carboxylic acid groups (broad SMARTS) is 1. The molecule has 6 heteroatoms. The highest BCUT2D eigenvalue weighted by atomic mass is 16.4. The molecule has 21 heavy (non-hydrogen) atoms. The molecule has 0 aliphatic rings. The van der Waals surface area contributed by atoms with Crippen molar-refractivity contribution in [2.24, 2.45) is 12.8 Å². The van der Waals surface area contributed by atoms with Gasteiger partial charge in [0.25, 0.3) is 0 Å². The van der Waals surface area contributed by atoms with Crippen LogP contribution in [-0.4, -0.2) is 31.9 Å². The van der Waals surface area contributed by atoms with E-state index in [0.717, 1.165) is 27.6 Å². The van der Waals surface area contributed by atoms with E-state index >= 15 is 0 Å². The highest BCUT2D eigenvalue weighted by Gasteiger charge is 2.15. The van der Waals surface area contributed by atoms with Crippen molar-refractivity contribution in [2.45, 2.75) is 12.5 Å². The Hall–Kier alpha value is -2.60. The van der Waals surface area contributed by atoms with Gasteiger partial charge in [-0.2, -0.15) is 5.10 Å². The van der Waals surface area contributed by atoms with Crippen molar-refractivity contribution in [1.82, 2.24) is 14.8 Å². The molecular formula is C15H16N4O2. The monoisotopic (exact) mass is 284 g/mol. The molecule has 1 atom stereocenters. The third-order valence-electron chi connectivity index (χ3n) is 3.56. The number of aliphatic carboxylic acids is 1. The molecule has 2 heterocycles. The molecule has 0 aliphatic heterocycles. The first-order chi connectivity index (χ1) is 10.0. The fourth-order valence-corrected chi connectivity index (χ4v) is 2.43. The van der Waals surface area contributed by atoms with Gasteiger partial charge in [-0.25, -0.2) is 0 Å². The van der Waals surface area contributed by atoms with E-state index < -0.39 is 12.0 Å². The molecule has 0 spiro atoms. The fraction of sp³-hybridized carbons (Fsp3) is 0.200. The average Bonchev–Trinajstić information content (AvgIpc) is 3.05. The highest BCUT2D eigenvalue weighted by Crippen LogP contribution is 2.26. The van der Waals surface area contributed by atoms with Crippen molar-refractivity contribution in [2.75, 3.05) is 0 Å². The third-order valence-corrected chi connectivity index (χ3v) is 3.56. The summed E-state index contributed by atoms with van der Waals surface area (Å²) in [5, 5.41) is 14.1. The summed E-state index contributed by atoms with van der Waals surface area (Å²) in [6, 6.07) is 5.13. The maximum atomic E-state index is 10.9. The van der Waals surface area contributed by atoms with Crippen molar-refractivity contribution < 1.29 is 9.90 Å². The van der Waals surface area contributed by atoms with Crippen LogP contribution in [0.4, 0.5) is 0 Å². The number of fused-ring (bicyclic) bond motifs is 1. The van der Waals surface area contributed by atoms with Crippen molar-refractivity contribution in [3.8, 4) is 11.1 Å². The van der Waals surface area contributed by atoms with E-state index in [2.05, 4.69) is 10.1 Å². The number of hydrogen-bond donors (Lipinski definition) is 3.